The third-order valence-electron chi connectivity index (χ3n) is 3.14. The Morgan fingerprint density at radius 1 is 1.14 bits per heavy atom. The number of nitrogens with one attached hydrogen (secondary N) is 1. The summed E-state index contributed by atoms with van der Waals surface area (Å²) in [4.78, 5) is 0. The van der Waals surface area contributed by atoms with Gasteiger partial charge < -0.3 is 5.32 Å². The number of rotatable bonds is 4. The van der Waals surface area contributed by atoms with Crippen molar-refractivity contribution in [2.24, 2.45) is 0 Å². The van der Waals surface area contributed by atoms with Crippen LogP contribution < -0.4 is 5.32 Å². The van der Waals surface area contributed by atoms with Gasteiger partial charge >= 0.3 is 0 Å². The van der Waals surface area contributed by atoms with Crippen LogP contribution in [-0.4, -0.2) is 20.2 Å². The summed E-state index contributed by atoms with van der Waals surface area (Å²) in [6.07, 6.45) is 0. The second-order valence-electron chi connectivity index (χ2n) is 4.66. The Kier molecular flexibility index (Phi) is 3.96. The second kappa shape index (κ2) is 6.05. The van der Waals surface area contributed by atoms with E-state index in [-0.39, 0.29) is 0 Å². The summed E-state index contributed by atoms with van der Waals surface area (Å²) >= 11 is 3.50. The monoisotopic (exact) mass is 343 g/mol. The van der Waals surface area contributed by atoms with E-state index < -0.39 is 0 Å². The van der Waals surface area contributed by atoms with Gasteiger partial charge in [0.1, 0.15) is 0 Å². The van der Waals surface area contributed by atoms with E-state index in [0.717, 1.165) is 21.7 Å². The molecule has 0 saturated carbocycles. The molecule has 0 radical (unpaired) electrons. The first kappa shape index (κ1) is 13.8. The van der Waals surface area contributed by atoms with Crippen LogP contribution in [-0.2, 0) is 6.54 Å². The molecule has 0 aliphatic rings. The fraction of sp³-hybridized carbons (Fsp3) is 0.133. The van der Waals surface area contributed by atoms with Gasteiger partial charge in [-0.2, -0.15) is 4.68 Å². The molecule has 0 spiro atoms. The van der Waals surface area contributed by atoms with Gasteiger partial charge in [-0.1, -0.05) is 34.1 Å². The van der Waals surface area contributed by atoms with Crippen LogP contribution in [0.3, 0.4) is 0 Å². The first-order chi connectivity index (χ1) is 10.2. The van der Waals surface area contributed by atoms with Crippen molar-refractivity contribution in [1.29, 1.82) is 0 Å². The fourth-order valence-corrected chi connectivity index (χ4v) is 2.27. The van der Waals surface area contributed by atoms with Crippen molar-refractivity contribution in [1.82, 2.24) is 20.2 Å². The molecule has 21 heavy (non-hydrogen) atoms. The number of aromatic nitrogens is 4. The van der Waals surface area contributed by atoms with E-state index in [1.807, 2.05) is 42.5 Å². The summed E-state index contributed by atoms with van der Waals surface area (Å²) in [5, 5.41) is 15.2. The highest BCUT2D eigenvalue weighted by atomic mass is 79.9. The molecule has 0 aliphatic heterocycles. The maximum atomic E-state index is 4.08. The number of hydrogen-bond donors (Lipinski definition) is 1. The molecule has 0 unspecified atom stereocenters. The summed E-state index contributed by atoms with van der Waals surface area (Å²) in [6, 6.07) is 16.0. The van der Waals surface area contributed by atoms with E-state index >= 15 is 0 Å². The Morgan fingerprint density at radius 2 is 1.95 bits per heavy atom. The van der Waals surface area contributed by atoms with Gasteiger partial charge in [0.2, 0.25) is 0 Å². The van der Waals surface area contributed by atoms with Gasteiger partial charge in [-0.25, -0.2) is 0 Å². The van der Waals surface area contributed by atoms with Crippen molar-refractivity contribution in [3.8, 4) is 5.69 Å². The average Bonchev–Trinajstić information content (AvgIpc) is 2.98. The summed E-state index contributed by atoms with van der Waals surface area (Å²) in [5.74, 6) is 0.766. The lowest BCUT2D eigenvalue weighted by atomic mass is 10.2. The largest absolute Gasteiger partial charge is 0.378 e. The number of halogens is 1. The zero-order chi connectivity index (χ0) is 14.7. The predicted molar refractivity (Wildman–Crippen MR) is 85.4 cm³/mol. The zero-order valence-corrected chi connectivity index (χ0v) is 13.1. The molecule has 1 heterocycles. The van der Waals surface area contributed by atoms with Crippen LogP contribution in [0.4, 0.5) is 5.69 Å². The van der Waals surface area contributed by atoms with Crippen molar-refractivity contribution in [2.45, 2.75) is 13.5 Å². The lowest BCUT2D eigenvalue weighted by molar-refractivity contribution is 0.768. The highest BCUT2D eigenvalue weighted by Gasteiger charge is 2.07. The van der Waals surface area contributed by atoms with Crippen LogP contribution in [0.5, 0.6) is 0 Å². The summed E-state index contributed by atoms with van der Waals surface area (Å²) < 4.78 is 2.83. The number of anilines is 1. The van der Waals surface area contributed by atoms with E-state index in [9.17, 15) is 0 Å². The van der Waals surface area contributed by atoms with Gasteiger partial charge in [0.25, 0.3) is 0 Å². The Balaban J connectivity index is 1.77. The van der Waals surface area contributed by atoms with Crippen LogP contribution in [0.1, 0.15) is 11.4 Å². The van der Waals surface area contributed by atoms with Crippen molar-refractivity contribution in [3.05, 3.63) is 64.4 Å². The molecule has 1 N–H and O–H groups in total. The molecule has 0 atom stereocenters. The Hall–Kier alpha value is -2.21. The molecule has 106 valence electrons. The standard InChI is InChI=1S/C15H14BrN5/c1-11-9-12(7-8-14(11)16)17-10-15-18-19-20-21(15)13-5-3-2-4-6-13/h2-9,17H,10H2,1H3. The minimum atomic E-state index is 0.558. The molecule has 0 saturated heterocycles. The van der Waals surface area contributed by atoms with Gasteiger partial charge in [-0.3, -0.25) is 0 Å². The smallest absolute Gasteiger partial charge is 0.175 e. The summed E-state index contributed by atoms with van der Waals surface area (Å²) in [6.45, 7) is 2.62. The lowest BCUT2D eigenvalue weighted by Crippen LogP contribution is -2.08. The third kappa shape index (κ3) is 3.11. The third-order valence-corrected chi connectivity index (χ3v) is 4.03. The minimum Gasteiger partial charge on any atom is -0.378 e. The van der Waals surface area contributed by atoms with Crippen LogP contribution in [0, 0.1) is 6.92 Å². The Labute approximate surface area is 131 Å². The van der Waals surface area contributed by atoms with Crippen LogP contribution in [0.25, 0.3) is 5.69 Å². The molecular formula is C15H14BrN5. The molecule has 0 fully saturated rings. The molecular weight excluding hydrogens is 330 g/mol. The van der Waals surface area contributed by atoms with E-state index in [0.29, 0.717) is 6.54 Å². The van der Waals surface area contributed by atoms with Gasteiger partial charge in [-0.05, 0) is 53.2 Å². The van der Waals surface area contributed by atoms with Crippen molar-refractivity contribution in [3.63, 3.8) is 0 Å². The molecule has 0 aliphatic carbocycles. The topological polar surface area (TPSA) is 55.6 Å². The molecule has 0 amide bonds. The molecule has 6 heteroatoms. The Bertz CT molecular complexity index is 739. The van der Waals surface area contributed by atoms with Crippen molar-refractivity contribution in [2.75, 3.05) is 5.32 Å². The molecule has 2 aromatic carbocycles. The number of nitrogens with zero attached hydrogens (tertiary/aromatic N) is 4. The molecule has 3 aromatic rings. The van der Waals surface area contributed by atoms with E-state index in [4.69, 9.17) is 0 Å². The first-order valence-corrected chi connectivity index (χ1v) is 7.36. The van der Waals surface area contributed by atoms with Gasteiger partial charge in [0.05, 0.1) is 12.2 Å². The highest BCUT2D eigenvalue weighted by Crippen LogP contribution is 2.20. The average molecular weight is 344 g/mol. The van der Waals surface area contributed by atoms with Crippen molar-refractivity contribution >= 4 is 21.6 Å². The molecule has 3 rings (SSSR count). The van der Waals surface area contributed by atoms with E-state index in [1.165, 1.54) is 5.56 Å². The van der Waals surface area contributed by atoms with Crippen LogP contribution in [0.2, 0.25) is 0 Å². The second-order valence-corrected chi connectivity index (χ2v) is 5.51. The lowest BCUT2D eigenvalue weighted by Gasteiger charge is -2.08. The summed E-state index contributed by atoms with van der Waals surface area (Å²) in [5.41, 5.74) is 3.17. The normalized spacial score (nSPS) is 10.6. The molecule has 5 nitrogen and oxygen atoms in total. The zero-order valence-electron chi connectivity index (χ0n) is 11.5. The number of aryl methyl sites for hydroxylation is 1. The maximum absolute atomic E-state index is 4.08. The summed E-state index contributed by atoms with van der Waals surface area (Å²) in [7, 11) is 0. The minimum absolute atomic E-state index is 0.558. The maximum Gasteiger partial charge on any atom is 0.175 e. The SMILES string of the molecule is Cc1cc(NCc2nnnn2-c2ccccc2)ccc1Br. The van der Waals surface area contributed by atoms with Crippen LogP contribution in [0.15, 0.2) is 53.0 Å². The Morgan fingerprint density at radius 3 is 2.71 bits per heavy atom. The number of para-hydroxylation sites is 1. The number of hydrogen-bond acceptors (Lipinski definition) is 4. The highest BCUT2D eigenvalue weighted by molar-refractivity contribution is 9.10. The quantitative estimate of drug-likeness (QED) is 0.789. The van der Waals surface area contributed by atoms with E-state index in [2.05, 4.69) is 49.8 Å². The first-order valence-electron chi connectivity index (χ1n) is 6.57. The number of tetrazole rings is 1. The van der Waals surface area contributed by atoms with Crippen molar-refractivity contribution < 1.29 is 0 Å². The van der Waals surface area contributed by atoms with Gasteiger partial charge in [-0.15, -0.1) is 5.10 Å². The van der Waals surface area contributed by atoms with Gasteiger partial charge in [0.15, 0.2) is 5.82 Å². The van der Waals surface area contributed by atoms with Crippen LogP contribution >= 0.6 is 15.9 Å². The fourth-order valence-electron chi connectivity index (χ4n) is 2.02. The number of benzene rings is 2. The molecule has 1 aromatic heterocycles. The van der Waals surface area contributed by atoms with Gasteiger partial charge in [0, 0.05) is 10.2 Å². The predicted octanol–water partition coefficient (Wildman–Crippen LogP) is 3.35. The molecule has 0 bridgehead atoms. The van der Waals surface area contributed by atoms with E-state index in [1.54, 1.807) is 4.68 Å².